The summed E-state index contributed by atoms with van der Waals surface area (Å²) in [7, 11) is 1.60. The predicted molar refractivity (Wildman–Crippen MR) is 142 cm³/mol. The molecule has 0 aliphatic carbocycles. The number of amides is 1. The molecule has 2 aromatic heterocycles. The highest BCUT2D eigenvalue weighted by Gasteiger charge is 2.24. The molecule has 1 aliphatic rings. The minimum absolute atomic E-state index is 0. The van der Waals surface area contributed by atoms with Crippen LogP contribution in [0.5, 0.6) is 5.75 Å². The molecule has 1 saturated heterocycles. The van der Waals surface area contributed by atoms with Crippen molar-refractivity contribution < 1.29 is 14.3 Å². The van der Waals surface area contributed by atoms with Crippen LogP contribution in [0.25, 0.3) is 21.3 Å². The molecule has 2 aromatic carbocycles. The molecular weight excluding hydrogens is 509 g/mol. The van der Waals surface area contributed by atoms with Crippen LogP contribution < -0.4 is 9.64 Å². The van der Waals surface area contributed by atoms with Crippen LogP contribution in [0.2, 0.25) is 5.02 Å². The second-order valence-electron chi connectivity index (χ2n) is 7.95. The Kier molecular flexibility index (Phi) is 8.35. The Morgan fingerprint density at radius 1 is 1.17 bits per heavy atom. The van der Waals surface area contributed by atoms with Gasteiger partial charge in [0, 0.05) is 44.1 Å². The third-order valence-electron chi connectivity index (χ3n) is 5.82. The zero-order valence-corrected chi connectivity index (χ0v) is 21.5. The number of nitrogens with zero attached hydrogens (tertiary/aromatic N) is 5. The largest absolute Gasteiger partial charge is 0.494 e. The minimum Gasteiger partial charge on any atom is -0.494 e. The van der Waals surface area contributed by atoms with Crippen LogP contribution in [0.4, 0.5) is 5.13 Å². The SMILES string of the molecule is COc1ccc(Cl)c2sc(N(CCCN3CCOCC3)C(=O)c3ccc4nccnc4c3)nc12.Cl. The van der Waals surface area contributed by atoms with Crippen molar-refractivity contribution in [3.63, 3.8) is 0 Å². The lowest BCUT2D eigenvalue weighted by molar-refractivity contribution is 0.0376. The number of carbonyl (C=O) groups is 1. The molecule has 0 N–H and O–H groups in total. The van der Waals surface area contributed by atoms with E-state index in [1.807, 2.05) is 6.07 Å². The molecule has 1 fully saturated rings. The van der Waals surface area contributed by atoms with Gasteiger partial charge in [-0.2, -0.15) is 0 Å². The lowest BCUT2D eigenvalue weighted by Gasteiger charge is -2.27. The molecule has 3 heterocycles. The number of aromatic nitrogens is 3. The van der Waals surface area contributed by atoms with Crippen molar-refractivity contribution in [2.24, 2.45) is 0 Å². The van der Waals surface area contributed by atoms with Crippen molar-refractivity contribution in [2.75, 3.05) is 51.4 Å². The zero-order valence-electron chi connectivity index (χ0n) is 19.1. The summed E-state index contributed by atoms with van der Waals surface area (Å²) in [5.41, 5.74) is 2.62. The number of fused-ring (bicyclic) bond motifs is 2. The topological polar surface area (TPSA) is 80.7 Å². The van der Waals surface area contributed by atoms with Crippen LogP contribution in [-0.2, 0) is 4.74 Å². The molecule has 0 radical (unpaired) electrons. The average molecular weight is 534 g/mol. The van der Waals surface area contributed by atoms with E-state index in [9.17, 15) is 4.79 Å². The first-order valence-electron chi connectivity index (χ1n) is 11.1. The average Bonchev–Trinajstić information content (AvgIpc) is 3.33. The van der Waals surface area contributed by atoms with Gasteiger partial charge in [-0.15, -0.1) is 12.4 Å². The van der Waals surface area contributed by atoms with Crippen LogP contribution in [0, 0.1) is 0 Å². The molecule has 1 amide bonds. The quantitative estimate of drug-likeness (QED) is 0.340. The Bertz CT molecular complexity index is 1330. The van der Waals surface area contributed by atoms with Crippen molar-refractivity contribution in [1.29, 1.82) is 0 Å². The van der Waals surface area contributed by atoms with Crippen LogP contribution in [0.1, 0.15) is 16.8 Å². The third-order valence-corrected chi connectivity index (χ3v) is 7.36. The molecule has 5 rings (SSSR count). The van der Waals surface area contributed by atoms with E-state index in [1.165, 1.54) is 11.3 Å². The minimum atomic E-state index is -0.135. The van der Waals surface area contributed by atoms with Gasteiger partial charge in [0.25, 0.3) is 5.91 Å². The lowest BCUT2D eigenvalue weighted by atomic mass is 10.1. The highest BCUT2D eigenvalue weighted by molar-refractivity contribution is 7.23. The predicted octanol–water partition coefficient (Wildman–Crippen LogP) is 4.69. The number of morpholine rings is 1. The first-order chi connectivity index (χ1) is 16.6. The van der Waals surface area contributed by atoms with Crippen molar-refractivity contribution in [3.8, 4) is 5.75 Å². The number of halogens is 2. The van der Waals surface area contributed by atoms with E-state index >= 15 is 0 Å². The molecule has 0 spiro atoms. The molecule has 11 heteroatoms. The molecule has 35 heavy (non-hydrogen) atoms. The Balaban J connectivity index is 0.00000289. The van der Waals surface area contributed by atoms with Gasteiger partial charge in [-0.25, -0.2) is 4.98 Å². The van der Waals surface area contributed by atoms with E-state index in [0.29, 0.717) is 39.0 Å². The van der Waals surface area contributed by atoms with Crippen molar-refractivity contribution >= 4 is 67.6 Å². The summed E-state index contributed by atoms with van der Waals surface area (Å²) in [5, 5.41) is 1.17. The number of methoxy groups -OCH3 is 1. The van der Waals surface area contributed by atoms with Crippen molar-refractivity contribution in [2.45, 2.75) is 6.42 Å². The van der Waals surface area contributed by atoms with Gasteiger partial charge in [0.05, 0.1) is 41.1 Å². The Labute approximate surface area is 218 Å². The van der Waals surface area contributed by atoms with Crippen molar-refractivity contribution in [1.82, 2.24) is 19.9 Å². The molecule has 184 valence electrons. The molecule has 8 nitrogen and oxygen atoms in total. The molecule has 0 unspecified atom stereocenters. The second-order valence-corrected chi connectivity index (χ2v) is 9.33. The molecular formula is C24H25Cl2N5O3S. The summed E-state index contributed by atoms with van der Waals surface area (Å²) in [4.78, 5) is 31.2. The monoisotopic (exact) mass is 533 g/mol. The second kappa shape index (κ2) is 11.5. The van der Waals surface area contributed by atoms with Crippen LogP contribution >= 0.6 is 35.3 Å². The van der Waals surface area contributed by atoms with E-state index in [0.717, 1.165) is 49.5 Å². The van der Waals surface area contributed by atoms with Gasteiger partial charge in [-0.1, -0.05) is 22.9 Å². The normalized spacial score (nSPS) is 14.1. The molecule has 0 atom stereocenters. The number of hydrogen-bond acceptors (Lipinski definition) is 8. The van der Waals surface area contributed by atoms with Crippen LogP contribution in [-0.4, -0.2) is 72.3 Å². The van der Waals surface area contributed by atoms with Crippen LogP contribution in [0.15, 0.2) is 42.7 Å². The first-order valence-corrected chi connectivity index (χ1v) is 12.3. The van der Waals surface area contributed by atoms with E-state index < -0.39 is 0 Å². The number of rotatable bonds is 7. The molecule has 0 saturated carbocycles. The van der Waals surface area contributed by atoms with Gasteiger partial charge in [0.15, 0.2) is 5.13 Å². The van der Waals surface area contributed by atoms with Gasteiger partial charge in [0.2, 0.25) is 0 Å². The fourth-order valence-corrected chi connectivity index (χ4v) is 5.32. The number of ether oxygens (including phenoxy) is 2. The van der Waals surface area contributed by atoms with Gasteiger partial charge in [-0.05, 0) is 36.8 Å². The summed E-state index contributed by atoms with van der Waals surface area (Å²) in [6.45, 7) is 4.71. The number of hydrogen-bond donors (Lipinski definition) is 0. The molecule has 0 bridgehead atoms. The Morgan fingerprint density at radius 3 is 2.71 bits per heavy atom. The molecule has 4 aromatic rings. The number of thiazole rings is 1. The van der Waals surface area contributed by atoms with E-state index in [-0.39, 0.29) is 18.3 Å². The van der Waals surface area contributed by atoms with Gasteiger partial charge in [0.1, 0.15) is 11.3 Å². The maximum atomic E-state index is 13.7. The molecule has 1 aliphatic heterocycles. The summed E-state index contributed by atoms with van der Waals surface area (Å²) in [5.74, 6) is 0.493. The zero-order chi connectivity index (χ0) is 23.5. The fraction of sp³-hybridized carbons (Fsp3) is 0.333. The maximum Gasteiger partial charge on any atom is 0.260 e. The van der Waals surface area contributed by atoms with E-state index in [1.54, 1.807) is 48.7 Å². The maximum absolute atomic E-state index is 13.7. The third kappa shape index (κ3) is 5.49. The first kappa shape index (κ1) is 25.5. The standard InChI is InChI=1S/C24H24ClN5O3S.ClH/c1-32-20-6-4-17(25)22-21(20)28-24(34-22)30(10-2-9-29-11-13-33-14-12-29)23(31)16-3-5-18-19(15-16)27-8-7-26-18;/h3-8,15H,2,9-14H2,1H3;1H. The lowest BCUT2D eigenvalue weighted by Crippen LogP contribution is -2.39. The number of anilines is 1. The van der Waals surface area contributed by atoms with E-state index in [2.05, 4.69) is 14.9 Å². The summed E-state index contributed by atoms with van der Waals surface area (Å²) >= 11 is 7.84. The number of carbonyl (C=O) groups excluding carboxylic acids is 1. The summed E-state index contributed by atoms with van der Waals surface area (Å²) in [6.07, 6.45) is 4.07. The summed E-state index contributed by atoms with van der Waals surface area (Å²) < 4.78 is 11.7. The van der Waals surface area contributed by atoms with E-state index in [4.69, 9.17) is 26.1 Å². The smallest absolute Gasteiger partial charge is 0.260 e. The van der Waals surface area contributed by atoms with Gasteiger partial charge < -0.3 is 9.47 Å². The Hall–Kier alpha value is -2.56. The number of benzene rings is 2. The van der Waals surface area contributed by atoms with Gasteiger partial charge in [-0.3, -0.25) is 24.6 Å². The highest BCUT2D eigenvalue weighted by Crippen LogP contribution is 2.39. The highest BCUT2D eigenvalue weighted by atomic mass is 35.5. The summed E-state index contributed by atoms with van der Waals surface area (Å²) in [6, 6.07) is 8.97. The Morgan fingerprint density at radius 2 is 1.94 bits per heavy atom. The van der Waals surface area contributed by atoms with Gasteiger partial charge >= 0.3 is 0 Å². The fourth-order valence-electron chi connectivity index (χ4n) is 4.03. The van der Waals surface area contributed by atoms with Crippen molar-refractivity contribution in [3.05, 3.63) is 53.3 Å². The van der Waals surface area contributed by atoms with Crippen LogP contribution in [0.3, 0.4) is 0 Å².